The average Bonchev–Trinajstić information content (AvgIpc) is 3.35. The summed E-state index contributed by atoms with van der Waals surface area (Å²) in [7, 11) is 0. The minimum atomic E-state index is -0.699. The van der Waals surface area contributed by atoms with E-state index in [0.29, 0.717) is 25.0 Å². The molecule has 0 bridgehead atoms. The summed E-state index contributed by atoms with van der Waals surface area (Å²) in [4.78, 5) is 47.6. The van der Waals surface area contributed by atoms with E-state index in [0.717, 1.165) is 32.1 Å². The van der Waals surface area contributed by atoms with Crippen LogP contribution in [-0.2, 0) is 25.6 Å². The van der Waals surface area contributed by atoms with Crippen LogP contribution in [0.1, 0.15) is 104 Å². The molecule has 11 heteroatoms. The summed E-state index contributed by atoms with van der Waals surface area (Å²) >= 11 is 0. The highest BCUT2D eigenvalue weighted by Gasteiger charge is 2.21. The van der Waals surface area contributed by atoms with Crippen molar-refractivity contribution in [3.8, 4) is 0 Å². The Hall–Kier alpha value is -3.21. The van der Waals surface area contributed by atoms with Gasteiger partial charge in [-0.2, -0.15) is 4.98 Å². The van der Waals surface area contributed by atoms with E-state index >= 15 is 0 Å². The standard InChI is InChI=1S/C31H52N6O5/c1-4-5-6-7-8-9-10-11-12-13-14-15-16-17-25(38)42-21-24(18-19-41-30(40)26(32)23(2)3)20-37-22-34-27-28(37)35-31(33)36-29(27)39/h9-10,22-24,26H,4-8,11-21,32H2,1-3H3,(H3,33,35,36,39)/t24-,26+/m1/s1. The van der Waals surface area contributed by atoms with E-state index in [1.165, 1.54) is 44.9 Å². The maximum atomic E-state index is 12.5. The number of rotatable bonds is 22. The monoisotopic (exact) mass is 588 g/mol. The van der Waals surface area contributed by atoms with Crippen LogP contribution in [0.25, 0.3) is 11.2 Å². The fourth-order valence-electron chi connectivity index (χ4n) is 4.57. The quantitative estimate of drug-likeness (QED) is 0.0969. The van der Waals surface area contributed by atoms with Gasteiger partial charge in [0.05, 0.1) is 19.5 Å². The summed E-state index contributed by atoms with van der Waals surface area (Å²) in [6.45, 7) is 6.55. The number of aromatic amines is 1. The number of imidazole rings is 1. The lowest BCUT2D eigenvalue weighted by Crippen LogP contribution is -2.37. The number of anilines is 1. The minimum absolute atomic E-state index is 0.0110. The van der Waals surface area contributed by atoms with Crippen LogP contribution in [0, 0.1) is 11.8 Å². The number of hydrogen-bond acceptors (Lipinski definition) is 9. The van der Waals surface area contributed by atoms with E-state index in [-0.39, 0.29) is 42.5 Å². The van der Waals surface area contributed by atoms with Gasteiger partial charge in [-0.05, 0) is 44.4 Å². The second-order valence-electron chi connectivity index (χ2n) is 11.4. The molecular formula is C31H52N6O5. The van der Waals surface area contributed by atoms with E-state index in [1.807, 2.05) is 13.8 Å². The number of aromatic nitrogens is 4. The highest BCUT2D eigenvalue weighted by atomic mass is 16.5. The van der Waals surface area contributed by atoms with Crippen LogP contribution in [0.2, 0.25) is 0 Å². The van der Waals surface area contributed by atoms with Crippen LogP contribution in [0.15, 0.2) is 23.3 Å². The summed E-state index contributed by atoms with van der Waals surface area (Å²) in [5.74, 6) is -0.977. The molecule has 0 aromatic carbocycles. The minimum Gasteiger partial charge on any atom is -0.465 e. The van der Waals surface area contributed by atoms with Crippen molar-refractivity contribution in [2.75, 3.05) is 18.9 Å². The smallest absolute Gasteiger partial charge is 0.323 e. The molecule has 0 radical (unpaired) electrons. The van der Waals surface area contributed by atoms with Crippen molar-refractivity contribution in [3.63, 3.8) is 0 Å². The third-order valence-corrected chi connectivity index (χ3v) is 7.33. The van der Waals surface area contributed by atoms with Crippen LogP contribution in [0.4, 0.5) is 5.95 Å². The molecule has 0 aliphatic heterocycles. The fourth-order valence-corrected chi connectivity index (χ4v) is 4.57. The van der Waals surface area contributed by atoms with Gasteiger partial charge in [0.15, 0.2) is 11.2 Å². The second-order valence-corrected chi connectivity index (χ2v) is 11.4. The first-order valence-electron chi connectivity index (χ1n) is 15.7. The zero-order chi connectivity index (χ0) is 30.7. The Kier molecular flexibility index (Phi) is 16.5. The molecule has 0 saturated carbocycles. The molecule has 0 aliphatic carbocycles. The highest BCUT2D eigenvalue weighted by Crippen LogP contribution is 2.15. The maximum absolute atomic E-state index is 12.5. The molecular weight excluding hydrogens is 536 g/mol. The number of nitrogen functional groups attached to an aromatic ring is 1. The van der Waals surface area contributed by atoms with Crippen LogP contribution in [0.3, 0.4) is 0 Å². The van der Waals surface area contributed by atoms with E-state index in [1.54, 1.807) is 4.57 Å². The van der Waals surface area contributed by atoms with Gasteiger partial charge in [-0.25, -0.2) is 4.98 Å². The number of nitrogens with two attached hydrogens (primary N) is 2. The van der Waals surface area contributed by atoms with Gasteiger partial charge in [-0.15, -0.1) is 0 Å². The molecule has 2 aromatic heterocycles. The van der Waals surface area contributed by atoms with E-state index in [2.05, 4.69) is 34.0 Å². The number of H-pyrrole nitrogens is 1. The summed E-state index contributed by atoms with van der Waals surface area (Å²) in [5.41, 5.74) is 11.7. The normalized spacial score (nSPS) is 13.2. The van der Waals surface area contributed by atoms with Crippen molar-refractivity contribution in [1.82, 2.24) is 19.5 Å². The van der Waals surface area contributed by atoms with Crippen LogP contribution >= 0.6 is 0 Å². The third kappa shape index (κ3) is 13.2. The van der Waals surface area contributed by atoms with Crippen molar-refractivity contribution in [1.29, 1.82) is 0 Å². The maximum Gasteiger partial charge on any atom is 0.323 e. The molecule has 0 aliphatic rings. The largest absolute Gasteiger partial charge is 0.465 e. The van der Waals surface area contributed by atoms with Crippen molar-refractivity contribution in [2.45, 2.75) is 117 Å². The topological polar surface area (TPSA) is 168 Å². The van der Waals surface area contributed by atoms with Gasteiger partial charge in [-0.3, -0.25) is 19.4 Å². The summed E-state index contributed by atoms with van der Waals surface area (Å²) < 4.78 is 12.7. The summed E-state index contributed by atoms with van der Waals surface area (Å²) in [6, 6.07) is -0.699. The van der Waals surface area contributed by atoms with Crippen molar-refractivity contribution >= 4 is 29.1 Å². The van der Waals surface area contributed by atoms with Crippen LogP contribution < -0.4 is 17.0 Å². The predicted molar refractivity (Wildman–Crippen MR) is 166 cm³/mol. The first-order chi connectivity index (χ1) is 20.2. The van der Waals surface area contributed by atoms with Gasteiger partial charge in [0.1, 0.15) is 6.04 Å². The van der Waals surface area contributed by atoms with Gasteiger partial charge in [0, 0.05) is 18.9 Å². The number of nitrogens with one attached hydrogen (secondary N) is 1. The number of unbranched alkanes of at least 4 members (excludes halogenated alkanes) is 9. The number of fused-ring (bicyclic) bond motifs is 1. The molecule has 11 nitrogen and oxygen atoms in total. The molecule has 2 heterocycles. The Morgan fingerprint density at radius 1 is 1.02 bits per heavy atom. The first-order valence-corrected chi connectivity index (χ1v) is 15.7. The van der Waals surface area contributed by atoms with Crippen LogP contribution in [0.5, 0.6) is 0 Å². The Morgan fingerprint density at radius 3 is 2.38 bits per heavy atom. The summed E-state index contributed by atoms with van der Waals surface area (Å²) in [6.07, 6.45) is 19.7. The number of carbonyl (C=O) groups excluding carboxylic acids is 2. The number of carbonyl (C=O) groups is 2. The SMILES string of the molecule is CCCCCCC=CCCCCCCCC(=O)OC[C@H](CCOC(=O)[C@@H](N)C(C)C)Cn1cnc2c(=O)[nH]c(N)nc21. The van der Waals surface area contributed by atoms with Gasteiger partial charge >= 0.3 is 11.9 Å². The van der Waals surface area contributed by atoms with Crippen molar-refractivity contribution in [2.24, 2.45) is 17.6 Å². The lowest BCUT2D eigenvalue weighted by molar-refractivity contribution is -0.149. The third-order valence-electron chi connectivity index (χ3n) is 7.33. The Balaban J connectivity index is 1.77. The molecule has 2 aromatic rings. The Bertz CT molecular complexity index is 1160. The lowest BCUT2D eigenvalue weighted by atomic mass is 10.1. The van der Waals surface area contributed by atoms with Gasteiger partial charge in [-0.1, -0.05) is 71.4 Å². The van der Waals surface area contributed by atoms with E-state index < -0.39 is 17.6 Å². The van der Waals surface area contributed by atoms with Gasteiger partial charge < -0.3 is 25.5 Å². The molecule has 2 rings (SSSR count). The van der Waals surface area contributed by atoms with E-state index in [4.69, 9.17) is 20.9 Å². The molecule has 42 heavy (non-hydrogen) atoms. The molecule has 0 unspecified atom stereocenters. The Labute approximate surface area is 249 Å². The number of hydrogen-bond donors (Lipinski definition) is 3. The molecule has 5 N–H and O–H groups in total. The molecule has 0 spiro atoms. The second kappa shape index (κ2) is 19.8. The lowest BCUT2D eigenvalue weighted by Gasteiger charge is -2.19. The predicted octanol–water partition coefficient (Wildman–Crippen LogP) is 5.04. The van der Waals surface area contributed by atoms with Crippen molar-refractivity contribution < 1.29 is 19.1 Å². The molecule has 236 valence electrons. The number of esters is 2. The fraction of sp³-hybridized carbons (Fsp3) is 0.710. The highest BCUT2D eigenvalue weighted by molar-refractivity contribution is 5.75. The molecule has 0 saturated heterocycles. The summed E-state index contributed by atoms with van der Waals surface area (Å²) in [5, 5.41) is 0. The molecule has 0 fully saturated rings. The number of nitrogens with zero attached hydrogens (tertiary/aromatic N) is 3. The average molecular weight is 589 g/mol. The Morgan fingerprint density at radius 2 is 1.69 bits per heavy atom. The zero-order valence-corrected chi connectivity index (χ0v) is 25.8. The molecule has 2 atom stereocenters. The number of ether oxygens (including phenoxy) is 2. The first kappa shape index (κ1) is 35.0. The van der Waals surface area contributed by atoms with Crippen molar-refractivity contribution in [3.05, 3.63) is 28.8 Å². The van der Waals surface area contributed by atoms with E-state index in [9.17, 15) is 14.4 Å². The van der Waals surface area contributed by atoms with Gasteiger partial charge in [0.25, 0.3) is 5.56 Å². The number of allylic oxidation sites excluding steroid dienone is 2. The molecule has 0 amide bonds. The van der Waals surface area contributed by atoms with Gasteiger partial charge in [0.2, 0.25) is 5.95 Å². The zero-order valence-electron chi connectivity index (χ0n) is 25.8. The van der Waals surface area contributed by atoms with Crippen LogP contribution in [-0.4, -0.2) is 50.7 Å².